The van der Waals surface area contributed by atoms with Crippen LogP contribution in [0.4, 0.5) is 5.69 Å². The van der Waals surface area contributed by atoms with Gasteiger partial charge in [0.1, 0.15) is 0 Å². The van der Waals surface area contributed by atoms with Crippen molar-refractivity contribution in [2.24, 2.45) is 0 Å². The average Bonchev–Trinajstić information content (AvgIpc) is 3.61. The van der Waals surface area contributed by atoms with Gasteiger partial charge >= 0.3 is 0 Å². The fraction of sp³-hybridized carbons (Fsp3) is 0.346. The lowest BCUT2D eigenvalue weighted by Crippen LogP contribution is -2.35. The van der Waals surface area contributed by atoms with E-state index in [1.165, 1.54) is 18.2 Å². The number of nitrogens with one attached hydrogen (secondary N) is 1. The molecule has 1 saturated carbocycles. The van der Waals surface area contributed by atoms with Gasteiger partial charge in [0, 0.05) is 6.92 Å². The number of hydrogen-bond acceptors (Lipinski definition) is 8. The van der Waals surface area contributed by atoms with E-state index in [2.05, 4.69) is 15.5 Å². The summed E-state index contributed by atoms with van der Waals surface area (Å²) in [6.07, 6.45) is 5.54. The van der Waals surface area contributed by atoms with Gasteiger partial charge in [0.15, 0.2) is 11.5 Å². The van der Waals surface area contributed by atoms with E-state index in [9.17, 15) is 14.4 Å². The molecule has 2 heterocycles. The summed E-state index contributed by atoms with van der Waals surface area (Å²) in [6, 6.07) is 9.40. The van der Waals surface area contributed by atoms with Gasteiger partial charge in [-0.05, 0) is 55.5 Å². The van der Waals surface area contributed by atoms with Crippen molar-refractivity contribution in [2.75, 3.05) is 12.4 Å². The number of ether oxygens (including phenoxy) is 2. The minimum atomic E-state index is -0.764. The van der Waals surface area contributed by atoms with Crippen LogP contribution < -0.4 is 14.8 Å². The third-order valence-corrected chi connectivity index (χ3v) is 6.51. The molecule has 10 nitrogen and oxygen atoms in total. The molecule has 10 heteroatoms. The second kappa shape index (κ2) is 9.80. The summed E-state index contributed by atoms with van der Waals surface area (Å²) in [7, 11) is 1.57. The molecule has 2 aliphatic rings. The van der Waals surface area contributed by atoms with Crippen LogP contribution in [0.3, 0.4) is 0 Å². The van der Waals surface area contributed by atoms with Gasteiger partial charge in [0.25, 0.3) is 11.8 Å². The van der Waals surface area contributed by atoms with E-state index >= 15 is 0 Å². The molecule has 3 amide bonds. The Morgan fingerprint density at radius 2 is 1.97 bits per heavy atom. The highest BCUT2D eigenvalue weighted by Gasteiger charge is 2.43. The Morgan fingerprint density at radius 1 is 1.17 bits per heavy atom. The van der Waals surface area contributed by atoms with Crippen molar-refractivity contribution >= 4 is 23.4 Å². The van der Waals surface area contributed by atoms with Crippen LogP contribution in [-0.2, 0) is 11.2 Å². The molecule has 0 bridgehead atoms. The number of aromatic nitrogens is 2. The van der Waals surface area contributed by atoms with Gasteiger partial charge in [0.2, 0.25) is 18.2 Å². The fourth-order valence-electron chi connectivity index (χ4n) is 4.87. The normalized spacial score (nSPS) is 16.2. The number of anilines is 1. The smallest absolute Gasteiger partial charge is 0.264 e. The van der Waals surface area contributed by atoms with Crippen molar-refractivity contribution in [3.8, 4) is 11.5 Å². The lowest BCUT2D eigenvalue weighted by Gasteiger charge is -2.27. The number of benzene rings is 2. The molecule has 5 rings (SSSR count). The van der Waals surface area contributed by atoms with Crippen molar-refractivity contribution in [1.82, 2.24) is 15.1 Å². The molecular weight excluding hydrogens is 464 g/mol. The zero-order valence-electron chi connectivity index (χ0n) is 20.0. The van der Waals surface area contributed by atoms with Crippen LogP contribution in [0.25, 0.3) is 0 Å². The molecular formula is C26H26N4O6. The molecule has 3 aromatic rings. The molecule has 1 aromatic heterocycles. The molecule has 2 aromatic carbocycles. The molecule has 1 N–H and O–H groups in total. The van der Waals surface area contributed by atoms with Gasteiger partial charge in [-0.1, -0.05) is 12.1 Å². The van der Waals surface area contributed by atoms with Crippen molar-refractivity contribution in [1.29, 1.82) is 0 Å². The Bertz CT molecular complexity index is 1300. The summed E-state index contributed by atoms with van der Waals surface area (Å²) in [6.45, 7) is 1.35. The number of rotatable bonds is 8. The van der Waals surface area contributed by atoms with E-state index < -0.39 is 17.9 Å². The molecule has 0 saturated heterocycles. The zero-order chi connectivity index (χ0) is 25.2. The summed E-state index contributed by atoms with van der Waals surface area (Å²) in [4.78, 5) is 40.1. The van der Waals surface area contributed by atoms with Crippen LogP contribution in [0.2, 0.25) is 0 Å². The third kappa shape index (κ3) is 4.41. The summed E-state index contributed by atoms with van der Waals surface area (Å²) in [5, 5.41) is 10.4. The highest BCUT2D eigenvalue weighted by Crippen LogP contribution is 2.40. The Balaban J connectivity index is 1.56. The Hall–Kier alpha value is -4.21. The second-order valence-corrected chi connectivity index (χ2v) is 8.88. The van der Waals surface area contributed by atoms with Crippen LogP contribution in [-0.4, -0.2) is 46.0 Å². The monoisotopic (exact) mass is 490 g/mol. The van der Waals surface area contributed by atoms with E-state index in [1.807, 2.05) is 0 Å². The maximum atomic E-state index is 13.7. The molecule has 1 aliphatic carbocycles. The molecule has 1 fully saturated rings. The van der Waals surface area contributed by atoms with Crippen molar-refractivity contribution in [3.05, 3.63) is 65.4 Å². The highest BCUT2D eigenvalue weighted by molar-refractivity contribution is 6.24. The quantitative estimate of drug-likeness (QED) is 0.471. The molecule has 36 heavy (non-hydrogen) atoms. The number of fused-ring (bicyclic) bond motifs is 1. The van der Waals surface area contributed by atoms with Gasteiger partial charge in [-0.3, -0.25) is 19.3 Å². The number of hydrogen-bond donors (Lipinski definition) is 1. The average molecular weight is 491 g/mol. The number of methoxy groups -OCH3 is 1. The fourth-order valence-corrected chi connectivity index (χ4v) is 4.87. The van der Waals surface area contributed by atoms with Gasteiger partial charge in [-0.25, -0.2) is 0 Å². The van der Waals surface area contributed by atoms with E-state index in [-0.39, 0.29) is 41.1 Å². The zero-order valence-corrected chi connectivity index (χ0v) is 20.0. The van der Waals surface area contributed by atoms with Crippen LogP contribution in [0.15, 0.2) is 47.2 Å². The minimum absolute atomic E-state index is 0.0862. The molecule has 0 spiro atoms. The lowest BCUT2D eigenvalue weighted by atomic mass is 10.0. The summed E-state index contributed by atoms with van der Waals surface area (Å²) >= 11 is 0. The van der Waals surface area contributed by atoms with Crippen LogP contribution in [0.5, 0.6) is 11.5 Å². The number of amides is 3. The van der Waals surface area contributed by atoms with Crippen LogP contribution in [0.1, 0.15) is 70.8 Å². The largest absolute Gasteiger partial charge is 0.493 e. The highest BCUT2D eigenvalue weighted by atomic mass is 16.5. The standard InChI is InChI=1S/C26H26N4O6/c1-15(31)28-19-9-5-8-18-24(19)26(33)30(25(18)32)20(13-23-29-27-14-35-23)16-10-11-21(34-2)22(12-16)36-17-6-3-4-7-17/h5,8-12,14,17,20H,3-4,6-7,13H2,1-2H3,(H,28,31)/t20-/m1/s1. The summed E-state index contributed by atoms with van der Waals surface area (Å²) < 4.78 is 17.1. The van der Waals surface area contributed by atoms with E-state index in [1.54, 1.807) is 43.5 Å². The molecule has 1 atom stereocenters. The van der Waals surface area contributed by atoms with Gasteiger partial charge in [-0.15, -0.1) is 10.2 Å². The first-order chi connectivity index (χ1) is 17.5. The van der Waals surface area contributed by atoms with Crippen molar-refractivity contribution in [3.63, 3.8) is 0 Å². The van der Waals surface area contributed by atoms with Gasteiger partial charge in [-0.2, -0.15) is 0 Å². The number of carbonyl (C=O) groups is 3. The summed E-state index contributed by atoms with van der Waals surface area (Å²) in [5.41, 5.74) is 1.32. The topological polar surface area (TPSA) is 124 Å². The van der Waals surface area contributed by atoms with Crippen molar-refractivity contribution < 1.29 is 28.3 Å². The van der Waals surface area contributed by atoms with Gasteiger partial charge < -0.3 is 19.2 Å². The SMILES string of the molecule is COc1ccc([C@@H](Cc2nnco2)N2C(=O)c3cccc(NC(C)=O)c3C2=O)cc1OC1CCCC1. The van der Waals surface area contributed by atoms with Crippen molar-refractivity contribution in [2.45, 2.75) is 51.2 Å². The van der Waals surface area contributed by atoms with Crippen LogP contribution >= 0.6 is 0 Å². The first-order valence-corrected chi connectivity index (χ1v) is 11.8. The Morgan fingerprint density at radius 3 is 2.67 bits per heavy atom. The predicted molar refractivity (Wildman–Crippen MR) is 128 cm³/mol. The van der Waals surface area contributed by atoms with E-state index in [0.717, 1.165) is 25.7 Å². The molecule has 0 radical (unpaired) electrons. The second-order valence-electron chi connectivity index (χ2n) is 8.88. The van der Waals surface area contributed by atoms with E-state index in [4.69, 9.17) is 13.9 Å². The number of imide groups is 1. The van der Waals surface area contributed by atoms with Gasteiger partial charge in [0.05, 0.1) is 42.5 Å². The molecule has 186 valence electrons. The maximum absolute atomic E-state index is 13.7. The molecule has 0 unspecified atom stereocenters. The molecule has 1 aliphatic heterocycles. The maximum Gasteiger partial charge on any atom is 0.264 e. The number of nitrogens with zero attached hydrogens (tertiary/aromatic N) is 3. The number of carbonyl (C=O) groups excluding carboxylic acids is 3. The lowest BCUT2D eigenvalue weighted by molar-refractivity contribution is -0.114. The van der Waals surface area contributed by atoms with E-state index in [0.29, 0.717) is 17.1 Å². The minimum Gasteiger partial charge on any atom is -0.493 e. The van der Waals surface area contributed by atoms with Crippen LogP contribution in [0, 0.1) is 0 Å². The Labute approximate surface area is 207 Å². The first-order valence-electron chi connectivity index (χ1n) is 11.8. The predicted octanol–water partition coefficient (Wildman–Crippen LogP) is 3.94. The Kier molecular flexibility index (Phi) is 6.41. The summed E-state index contributed by atoms with van der Waals surface area (Å²) in [5.74, 6) is 0.0605. The third-order valence-electron chi connectivity index (χ3n) is 6.51. The first kappa shape index (κ1) is 23.5.